The van der Waals surface area contributed by atoms with Crippen molar-refractivity contribution in [3.8, 4) is 0 Å². The second-order valence-electron chi connectivity index (χ2n) is 2.75. The Morgan fingerprint density at radius 2 is 1.92 bits per heavy atom. The number of halogens is 2. The van der Waals surface area contributed by atoms with Gasteiger partial charge in [-0.1, -0.05) is 40.2 Å². The highest BCUT2D eigenvalue weighted by molar-refractivity contribution is 9.09. The maximum atomic E-state index is 11.2. The van der Waals surface area contributed by atoms with Crippen LogP contribution in [0.4, 0.5) is 0 Å². The first-order valence-electron chi connectivity index (χ1n) is 3.98. The van der Waals surface area contributed by atoms with Crippen molar-refractivity contribution >= 4 is 33.3 Å². The van der Waals surface area contributed by atoms with Gasteiger partial charge in [0.15, 0.2) is 0 Å². The average Bonchev–Trinajstić information content (AvgIpc) is 2.18. The molecule has 0 unspecified atom stereocenters. The molecule has 0 atom stereocenters. The van der Waals surface area contributed by atoms with E-state index in [0.717, 1.165) is 11.1 Å². The molecule has 0 aliphatic rings. The van der Waals surface area contributed by atoms with Crippen LogP contribution in [0.25, 0.3) is 0 Å². The lowest BCUT2D eigenvalue weighted by Crippen LogP contribution is -2.05. The largest absolute Gasteiger partial charge is 0.298 e. The summed E-state index contributed by atoms with van der Waals surface area (Å²) in [6.45, 7) is 0. The average molecular weight is 262 g/mol. The first kappa shape index (κ1) is 10.7. The van der Waals surface area contributed by atoms with Gasteiger partial charge < -0.3 is 0 Å². The number of carbonyl (C=O) groups is 1. The SMILES string of the molecule is O=C(CBr)Cc1ccccc1CCl. The molecule has 0 aliphatic heterocycles. The van der Waals surface area contributed by atoms with Crippen molar-refractivity contribution in [2.45, 2.75) is 12.3 Å². The Kier molecular flexibility index (Phi) is 4.46. The van der Waals surface area contributed by atoms with Crippen LogP contribution in [0.1, 0.15) is 11.1 Å². The first-order chi connectivity index (χ1) is 6.27. The molecule has 0 spiro atoms. The van der Waals surface area contributed by atoms with Gasteiger partial charge in [-0.15, -0.1) is 11.6 Å². The highest BCUT2D eigenvalue weighted by Gasteiger charge is 2.05. The highest BCUT2D eigenvalue weighted by Crippen LogP contribution is 2.12. The van der Waals surface area contributed by atoms with E-state index >= 15 is 0 Å². The van der Waals surface area contributed by atoms with Crippen LogP contribution in [0.5, 0.6) is 0 Å². The van der Waals surface area contributed by atoms with Crippen LogP contribution in [0.15, 0.2) is 24.3 Å². The molecule has 3 heteroatoms. The zero-order valence-electron chi connectivity index (χ0n) is 7.09. The van der Waals surface area contributed by atoms with Gasteiger partial charge in [0.2, 0.25) is 0 Å². The molecule has 0 saturated heterocycles. The van der Waals surface area contributed by atoms with Crippen molar-refractivity contribution in [3.63, 3.8) is 0 Å². The van der Waals surface area contributed by atoms with Crippen LogP contribution in [-0.2, 0) is 17.1 Å². The fourth-order valence-electron chi connectivity index (χ4n) is 1.12. The number of carbonyl (C=O) groups excluding carboxylic acids is 1. The van der Waals surface area contributed by atoms with E-state index < -0.39 is 0 Å². The summed E-state index contributed by atoms with van der Waals surface area (Å²) in [7, 11) is 0. The molecule has 0 aromatic heterocycles. The van der Waals surface area contributed by atoms with E-state index in [2.05, 4.69) is 15.9 Å². The van der Waals surface area contributed by atoms with Crippen molar-refractivity contribution in [3.05, 3.63) is 35.4 Å². The molecular formula is C10H10BrClO. The molecule has 0 radical (unpaired) electrons. The molecule has 0 fully saturated rings. The van der Waals surface area contributed by atoms with Crippen molar-refractivity contribution in [1.29, 1.82) is 0 Å². The van der Waals surface area contributed by atoms with Crippen molar-refractivity contribution < 1.29 is 4.79 Å². The number of Topliss-reactive ketones (excluding diaryl/α,β-unsaturated/α-hetero) is 1. The van der Waals surface area contributed by atoms with Gasteiger partial charge in [0, 0.05) is 12.3 Å². The Bertz CT molecular complexity index is 299. The van der Waals surface area contributed by atoms with Gasteiger partial charge >= 0.3 is 0 Å². The number of benzene rings is 1. The third-order valence-corrected chi connectivity index (χ3v) is 2.71. The zero-order chi connectivity index (χ0) is 9.68. The Morgan fingerprint density at radius 1 is 1.31 bits per heavy atom. The monoisotopic (exact) mass is 260 g/mol. The molecule has 0 bridgehead atoms. The lowest BCUT2D eigenvalue weighted by molar-refractivity contribution is -0.115. The van der Waals surface area contributed by atoms with E-state index in [1.165, 1.54) is 0 Å². The highest BCUT2D eigenvalue weighted by atomic mass is 79.9. The van der Waals surface area contributed by atoms with Crippen molar-refractivity contribution in [1.82, 2.24) is 0 Å². The molecule has 1 nitrogen and oxygen atoms in total. The molecule has 1 rings (SSSR count). The Hall–Kier alpha value is -0.340. The van der Waals surface area contributed by atoms with Crippen LogP contribution in [-0.4, -0.2) is 11.1 Å². The number of ketones is 1. The minimum absolute atomic E-state index is 0.178. The predicted molar refractivity (Wildman–Crippen MR) is 58.5 cm³/mol. The number of alkyl halides is 2. The van der Waals surface area contributed by atoms with E-state index in [9.17, 15) is 4.79 Å². The van der Waals surface area contributed by atoms with Gasteiger partial charge in [-0.3, -0.25) is 4.79 Å². The van der Waals surface area contributed by atoms with Crippen LogP contribution in [0.3, 0.4) is 0 Å². The summed E-state index contributed by atoms with van der Waals surface area (Å²) in [4.78, 5) is 11.2. The molecule has 0 heterocycles. The van der Waals surface area contributed by atoms with Crippen LogP contribution < -0.4 is 0 Å². The fourth-order valence-corrected chi connectivity index (χ4v) is 1.58. The summed E-state index contributed by atoms with van der Waals surface area (Å²) >= 11 is 8.87. The lowest BCUT2D eigenvalue weighted by atomic mass is 10.0. The second-order valence-corrected chi connectivity index (χ2v) is 3.58. The second kappa shape index (κ2) is 5.40. The van der Waals surface area contributed by atoms with Crippen LogP contribution >= 0.6 is 27.5 Å². The fraction of sp³-hybridized carbons (Fsp3) is 0.300. The minimum atomic E-state index is 0.178. The molecule has 0 aliphatic carbocycles. The van der Waals surface area contributed by atoms with E-state index in [-0.39, 0.29) is 5.78 Å². The van der Waals surface area contributed by atoms with Gasteiger partial charge in [-0.2, -0.15) is 0 Å². The van der Waals surface area contributed by atoms with E-state index in [0.29, 0.717) is 17.6 Å². The summed E-state index contributed by atoms with van der Waals surface area (Å²) in [5.74, 6) is 0.642. The summed E-state index contributed by atoms with van der Waals surface area (Å²) in [6, 6.07) is 7.74. The maximum absolute atomic E-state index is 11.2. The molecule has 70 valence electrons. The normalized spacial score (nSPS) is 10.0. The minimum Gasteiger partial charge on any atom is -0.298 e. The standard InChI is InChI=1S/C10H10BrClO/c11-6-10(13)5-8-3-1-2-4-9(8)7-12/h1-4H,5-7H2. The molecule has 13 heavy (non-hydrogen) atoms. The quantitative estimate of drug-likeness (QED) is 0.762. The Morgan fingerprint density at radius 3 is 2.46 bits per heavy atom. The smallest absolute Gasteiger partial charge is 0.147 e. The summed E-state index contributed by atoms with van der Waals surface area (Å²) in [5, 5.41) is 0.406. The van der Waals surface area contributed by atoms with Gasteiger partial charge in [0.1, 0.15) is 5.78 Å². The van der Waals surface area contributed by atoms with Gasteiger partial charge in [0.05, 0.1) is 5.33 Å². The van der Waals surface area contributed by atoms with E-state index in [1.807, 2.05) is 24.3 Å². The van der Waals surface area contributed by atoms with Gasteiger partial charge in [0.25, 0.3) is 0 Å². The molecule has 0 N–H and O–H groups in total. The third-order valence-electron chi connectivity index (χ3n) is 1.80. The predicted octanol–water partition coefficient (Wildman–Crippen LogP) is 2.93. The lowest BCUT2D eigenvalue weighted by Gasteiger charge is -2.04. The Balaban J connectivity index is 2.81. The Labute approximate surface area is 91.2 Å². The van der Waals surface area contributed by atoms with Crippen molar-refractivity contribution in [2.75, 3.05) is 5.33 Å². The third kappa shape index (κ3) is 3.12. The van der Waals surface area contributed by atoms with E-state index in [1.54, 1.807) is 0 Å². The molecule has 1 aromatic carbocycles. The number of hydrogen-bond donors (Lipinski definition) is 0. The summed E-state index contributed by atoms with van der Waals surface area (Å²) in [6.07, 6.45) is 0.466. The summed E-state index contributed by atoms with van der Waals surface area (Å²) < 4.78 is 0. The number of rotatable bonds is 4. The molecule has 1 aromatic rings. The molecule has 0 saturated carbocycles. The van der Waals surface area contributed by atoms with E-state index in [4.69, 9.17) is 11.6 Å². The van der Waals surface area contributed by atoms with Crippen molar-refractivity contribution in [2.24, 2.45) is 0 Å². The maximum Gasteiger partial charge on any atom is 0.147 e. The van der Waals surface area contributed by atoms with Gasteiger partial charge in [-0.25, -0.2) is 0 Å². The molecular weight excluding hydrogens is 251 g/mol. The zero-order valence-corrected chi connectivity index (χ0v) is 9.44. The number of hydrogen-bond acceptors (Lipinski definition) is 1. The van der Waals surface area contributed by atoms with Gasteiger partial charge in [-0.05, 0) is 11.1 Å². The van der Waals surface area contributed by atoms with Crippen LogP contribution in [0, 0.1) is 0 Å². The topological polar surface area (TPSA) is 17.1 Å². The van der Waals surface area contributed by atoms with Crippen LogP contribution in [0.2, 0.25) is 0 Å². The first-order valence-corrected chi connectivity index (χ1v) is 5.64. The molecule has 0 amide bonds. The summed E-state index contributed by atoms with van der Waals surface area (Å²) in [5.41, 5.74) is 2.07.